The highest BCUT2D eigenvalue weighted by Gasteiger charge is 2.29. The standard InChI is InChI=1S/C18H26N4O2/c1-12-10-14-15(19-11-12)22(17(24)16(23)20(14)5)13-6-8-21(9-7-13)18(2,3)4/h10-11,13H,6-9H2,1-5H3. The molecule has 1 saturated heterocycles. The van der Waals surface area contributed by atoms with Crippen LogP contribution in [0.1, 0.15) is 45.2 Å². The molecule has 0 spiro atoms. The monoisotopic (exact) mass is 330 g/mol. The number of rotatable bonds is 1. The molecule has 0 radical (unpaired) electrons. The Morgan fingerprint density at radius 1 is 1.12 bits per heavy atom. The molecule has 0 amide bonds. The van der Waals surface area contributed by atoms with Crippen LogP contribution in [0.5, 0.6) is 0 Å². The van der Waals surface area contributed by atoms with E-state index in [1.807, 2.05) is 13.0 Å². The molecule has 6 heteroatoms. The highest BCUT2D eigenvalue weighted by molar-refractivity contribution is 5.71. The van der Waals surface area contributed by atoms with Gasteiger partial charge in [0.1, 0.15) is 0 Å². The van der Waals surface area contributed by atoms with Crippen LogP contribution in [-0.2, 0) is 7.05 Å². The van der Waals surface area contributed by atoms with Crippen LogP contribution in [0.3, 0.4) is 0 Å². The van der Waals surface area contributed by atoms with E-state index in [1.54, 1.807) is 17.8 Å². The number of aromatic nitrogens is 3. The zero-order valence-electron chi connectivity index (χ0n) is 15.2. The Balaban J connectivity index is 2.08. The average Bonchev–Trinajstić information content (AvgIpc) is 2.53. The Kier molecular flexibility index (Phi) is 4.11. The Morgan fingerprint density at radius 3 is 2.33 bits per heavy atom. The summed E-state index contributed by atoms with van der Waals surface area (Å²) in [5.74, 6) is 0. The van der Waals surface area contributed by atoms with Crippen molar-refractivity contribution in [3.63, 3.8) is 0 Å². The highest BCUT2D eigenvalue weighted by atomic mass is 16.2. The van der Waals surface area contributed by atoms with Crippen molar-refractivity contribution in [3.05, 3.63) is 38.5 Å². The van der Waals surface area contributed by atoms with Gasteiger partial charge in [-0.3, -0.25) is 19.1 Å². The topological polar surface area (TPSA) is 60.1 Å². The molecule has 2 aromatic heterocycles. The van der Waals surface area contributed by atoms with Crippen LogP contribution in [0.15, 0.2) is 21.9 Å². The summed E-state index contributed by atoms with van der Waals surface area (Å²) in [4.78, 5) is 31.9. The molecular weight excluding hydrogens is 304 g/mol. The molecule has 1 aliphatic rings. The van der Waals surface area contributed by atoms with E-state index in [0.29, 0.717) is 5.65 Å². The molecule has 0 saturated carbocycles. The second-order valence-electron chi connectivity index (χ2n) is 7.78. The highest BCUT2D eigenvalue weighted by Crippen LogP contribution is 2.27. The number of likely N-dealkylation sites (tertiary alicyclic amines) is 1. The Morgan fingerprint density at radius 2 is 1.75 bits per heavy atom. The van der Waals surface area contributed by atoms with Crippen LogP contribution < -0.4 is 11.1 Å². The number of hydrogen-bond donors (Lipinski definition) is 0. The van der Waals surface area contributed by atoms with Gasteiger partial charge in [-0.1, -0.05) is 0 Å². The number of piperidine rings is 1. The minimum atomic E-state index is -0.479. The summed E-state index contributed by atoms with van der Waals surface area (Å²) in [5, 5.41) is 0. The summed E-state index contributed by atoms with van der Waals surface area (Å²) >= 11 is 0. The quantitative estimate of drug-likeness (QED) is 0.749. The van der Waals surface area contributed by atoms with Crippen molar-refractivity contribution in [3.8, 4) is 0 Å². The molecule has 3 heterocycles. The lowest BCUT2D eigenvalue weighted by Gasteiger charge is -2.41. The first-order valence-electron chi connectivity index (χ1n) is 8.53. The number of pyridine rings is 1. The zero-order valence-corrected chi connectivity index (χ0v) is 15.2. The van der Waals surface area contributed by atoms with Crippen molar-refractivity contribution < 1.29 is 0 Å². The van der Waals surface area contributed by atoms with Gasteiger partial charge < -0.3 is 4.57 Å². The fourth-order valence-electron chi connectivity index (χ4n) is 3.56. The van der Waals surface area contributed by atoms with Crippen LogP contribution in [0.2, 0.25) is 0 Å². The number of aryl methyl sites for hydroxylation is 2. The summed E-state index contributed by atoms with van der Waals surface area (Å²) < 4.78 is 3.05. The van der Waals surface area contributed by atoms with Crippen LogP contribution in [0.25, 0.3) is 11.2 Å². The molecule has 3 rings (SSSR count). The smallest absolute Gasteiger partial charge is 0.304 e. The summed E-state index contributed by atoms with van der Waals surface area (Å²) in [6.07, 6.45) is 3.47. The van der Waals surface area contributed by atoms with E-state index in [9.17, 15) is 9.59 Å². The normalized spacial score (nSPS) is 17.5. The molecule has 130 valence electrons. The van der Waals surface area contributed by atoms with Gasteiger partial charge in [0.15, 0.2) is 5.65 Å². The fourth-order valence-corrected chi connectivity index (χ4v) is 3.56. The molecule has 1 fully saturated rings. The molecule has 2 aromatic rings. The SMILES string of the molecule is Cc1cnc2c(c1)n(C)c(=O)c(=O)n2C1CCN(C(C)(C)C)CC1. The Labute approximate surface area is 141 Å². The van der Waals surface area contributed by atoms with Crippen molar-refractivity contribution >= 4 is 11.2 Å². The second-order valence-corrected chi connectivity index (χ2v) is 7.78. The van der Waals surface area contributed by atoms with Gasteiger partial charge in [0.05, 0.1) is 5.52 Å². The lowest BCUT2D eigenvalue weighted by atomic mass is 9.98. The van der Waals surface area contributed by atoms with Crippen LogP contribution in [0, 0.1) is 6.92 Å². The zero-order chi connectivity index (χ0) is 17.6. The molecule has 0 aromatic carbocycles. The van der Waals surface area contributed by atoms with Crippen molar-refractivity contribution in [2.24, 2.45) is 7.05 Å². The number of nitrogens with zero attached hydrogens (tertiary/aromatic N) is 4. The first-order valence-corrected chi connectivity index (χ1v) is 8.53. The van der Waals surface area contributed by atoms with E-state index in [-0.39, 0.29) is 11.6 Å². The van der Waals surface area contributed by atoms with E-state index in [1.165, 1.54) is 4.57 Å². The van der Waals surface area contributed by atoms with Crippen LogP contribution >= 0.6 is 0 Å². The summed E-state index contributed by atoms with van der Waals surface area (Å²) in [6, 6.07) is 1.95. The fraction of sp³-hybridized carbons (Fsp3) is 0.611. The molecule has 24 heavy (non-hydrogen) atoms. The molecule has 1 aliphatic heterocycles. The van der Waals surface area contributed by atoms with Gasteiger partial charge in [-0.15, -0.1) is 0 Å². The lowest BCUT2D eigenvalue weighted by Crippen LogP contribution is -2.49. The van der Waals surface area contributed by atoms with Crippen molar-refractivity contribution in [1.82, 2.24) is 19.0 Å². The minimum absolute atomic E-state index is 0.0303. The molecule has 6 nitrogen and oxygen atoms in total. The van der Waals surface area contributed by atoms with Gasteiger partial charge in [-0.25, -0.2) is 4.98 Å². The number of hydrogen-bond acceptors (Lipinski definition) is 4. The van der Waals surface area contributed by atoms with E-state index in [4.69, 9.17) is 0 Å². The van der Waals surface area contributed by atoms with Gasteiger partial charge in [0, 0.05) is 37.9 Å². The second kappa shape index (κ2) is 5.84. The van der Waals surface area contributed by atoms with Crippen molar-refractivity contribution in [2.75, 3.05) is 13.1 Å². The first kappa shape index (κ1) is 16.9. The molecule has 0 bridgehead atoms. The molecule has 0 unspecified atom stereocenters. The first-order chi connectivity index (χ1) is 11.2. The maximum Gasteiger partial charge on any atom is 0.318 e. The summed E-state index contributed by atoms with van der Waals surface area (Å²) in [5.41, 5.74) is 1.49. The molecule has 0 atom stereocenters. The van der Waals surface area contributed by atoms with Gasteiger partial charge in [-0.05, 0) is 52.2 Å². The van der Waals surface area contributed by atoms with E-state index in [0.717, 1.165) is 37.0 Å². The van der Waals surface area contributed by atoms with E-state index in [2.05, 4.69) is 30.7 Å². The predicted octanol–water partition coefficient (Wildman–Crippen LogP) is 1.84. The third-order valence-electron chi connectivity index (χ3n) is 5.06. The van der Waals surface area contributed by atoms with Crippen molar-refractivity contribution in [1.29, 1.82) is 0 Å². The molecular formula is C18H26N4O2. The van der Waals surface area contributed by atoms with Crippen LogP contribution in [0.4, 0.5) is 0 Å². The molecule has 0 N–H and O–H groups in total. The van der Waals surface area contributed by atoms with Crippen molar-refractivity contribution in [2.45, 2.75) is 52.1 Å². The lowest BCUT2D eigenvalue weighted by molar-refractivity contribution is 0.0897. The summed E-state index contributed by atoms with van der Waals surface area (Å²) in [7, 11) is 1.64. The van der Waals surface area contributed by atoms with Gasteiger partial charge >= 0.3 is 11.1 Å². The summed E-state index contributed by atoms with van der Waals surface area (Å²) in [6.45, 7) is 10.4. The molecule has 0 aliphatic carbocycles. The Bertz CT molecular complexity index is 881. The van der Waals surface area contributed by atoms with Gasteiger partial charge in [-0.2, -0.15) is 0 Å². The average molecular weight is 330 g/mol. The Hall–Kier alpha value is -1.95. The maximum absolute atomic E-state index is 12.6. The van der Waals surface area contributed by atoms with Crippen LogP contribution in [-0.4, -0.2) is 37.6 Å². The third kappa shape index (κ3) is 2.79. The predicted molar refractivity (Wildman–Crippen MR) is 95.6 cm³/mol. The van der Waals surface area contributed by atoms with E-state index >= 15 is 0 Å². The largest absolute Gasteiger partial charge is 0.318 e. The minimum Gasteiger partial charge on any atom is -0.304 e. The van der Waals surface area contributed by atoms with Gasteiger partial charge in [0.2, 0.25) is 0 Å². The number of fused-ring (bicyclic) bond motifs is 1. The third-order valence-corrected chi connectivity index (χ3v) is 5.06. The van der Waals surface area contributed by atoms with Gasteiger partial charge in [0.25, 0.3) is 0 Å². The van der Waals surface area contributed by atoms with E-state index < -0.39 is 11.1 Å². The maximum atomic E-state index is 12.6.